The fourth-order valence-corrected chi connectivity index (χ4v) is 2.06. The van der Waals surface area contributed by atoms with Crippen LogP contribution in [0, 0.1) is 0 Å². The standard InChI is InChI=1S/C13H16ClNO4/c14-11-7-10(8-16)1-2-12(11)19-9-13(17)15-3-5-18-6-4-15/h1-2,7,16H,3-6,8-9H2. The van der Waals surface area contributed by atoms with Crippen molar-refractivity contribution in [3.63, 3.8) is 0 Å². The zero-order chi connectivity index (χ0) is 13.7. The van der Waals surface area contributed by atoms with Crippen LogP contribution >= 0.6 is 11.6 Å². The van der Waals surface area contributed by atoms with Crippen molar-refractivity contribution in [3.05, 3.63) is 28.8 Å². The highest BCUT2D eigenvalue weighted by atomic mass is 35.5. The van der Waals surface area contributed by atoms with Gasteiger partial charge in [0.1, 0.15) is 5.75 Å². The Balaban J connectivity index is 1.89. The molecule has 0 unspecified atom stereocenters. The number of morpholine rings is 1. The van der Waals surface area contributed by atoms with Crippen LogP contribution in [0.15, 0.2) is 18.2 Å². The van der Waals surface area contributed by atoms with Crippen LogP contribution in [0.3, 0.4) is 0 Å². The van der Waals surface area contributed by atoms with Crippen LogP contribution < -0.4 is 4.74 Å². The van der Waals surface area contributed by atoms with Crippen molar-refractivity contribution in [2.75, 3.05) is 32.9 Å². The molecule has 1 heterocycles. The molecule has 0 saturated carbocycles. The molecule has 19 heavy (non-hydrogen) atoms. The van der Waals surface area contributed by atoms with E-state index in [0.717, 1.165) is 0 Å². The van der Waals surface area contributed by atoms with Crippen LogP contribution in [-0.2, 0) is 16.1 Å². The van der Waals surface area contributed by atoms with Crippen molar-refractivity contribution < 1.29 is 19.4 Å². The maximum atomic E-state index is 11.9. The molecule has 5 nitrogen and oxygen atoms in total. The van der Waals surface area contributed by atoms with E-state index in [1.165, 1.54) is 0 Å². The molecule has 1 aliphatic heterocycles. The summed E-state index contributed by atoms with van der Waals surface area (Å²) in [6.07, 6.45) is 0. The molecule has 2 rings (SSSR count). The minimum atomic E-state index is -0.0781. The number of ether oxygens (including phenoxy) is 2. The Hall–Kier alpha value is -1.30. The lowest BCUT2D eigenvalue weighted by molar-refractivity contribution is -0.137. The van der Waals surface area contributed by atoms with Gasteiger partial charge in [-0.2, -0.15) is 0 Å². The second-order valence-corrected chi connectivity index (χ2v) is 4.61. The van der Waals surface area contributed by atoms with Crippen LogP contribution in [0.25, 0.3) is 0 Å². The molecular weight excluding hydrogens is 270 g/mol. The van der Waals surface area contributed by atoms with E-state index in [2.05, 4.69) is 0 Å². The van der Waals surface area contributed by atoms with Crippen LogP contribution in [0.5, 0.6) is 5.75 Å². The number of hydrogen-bond acceptors (Lipinski definition) is 4. The summed E-state index contributed by atoms with van der Waals surface area (Å²) in [6.45, 7) is 2.21. The van der Waals surface area contributed by atoms with E-state index >= 15 is 0 Å². The lowest BCUT2D eigenvalue weighted by Gasteiger charge is -2.26. The van der Waals surface area contributed by atoms with Crippen molar-refractivity contribution in [1.82, 2.24) is 4.90 Å². The molecule has 104 valence electrons. The molecule has 1 aromatic carbocycles. The first-order valence-corrected chi connectivity index (χ1v) is 6.46. The normalized spacial score (nSPS) is 15.4. The number of carbonyl (C=O) groups excluding carboxylic acids is 1. The Morgan fingerprint density at radius 2 is 2.16 bits per heavy atom. The summed E-state index contributed by atoms with van der Waals surface area (Å²) in [6, 6.07) is 4.98. The predicted molar refractivity (Wildman–Crippen MR) is 70.3 cm³/mol. The number of amides is 1. The van der Waals surface area contributed by atoms with Crippen LogP contribution in [0.4, 0.5) is 0 Å². The van der Waals surface area contributed by atoms with Gasteiger partial charge in [-0.25, -0.2) is 0 Å². The lowest BCUT2D eigenvalue weighted by Crippen LogP contribution is -2.43. The monoisotopic (exact) mass is 285 g/mol. The van der Waals surface area contributed by atoms with Gasteiger partial charge in [-0.05, 0) is 17.7 Å². The van der Waals surface area contributed by atoms with E-state index in [1.54, 1.807) is 23.1 Å². The van der Waals surface area contributed by atoms with Crippen LogP contribution in [0.2, 0.25) is 5.02 Å². The summed E-state index contributed by atoms with van der Waals surface area (Å²) in [4.78, 5) is 13.6. The first-order valence-electron chi connectivity index (χ1n) is 6.08. The topological polar surface area (TPSA) is 59.0 Å². The van der Waals surface area contributed by atoms with E-state index in [4.69, 9.17) is 26.2 Å². The molecule has 1 aromatic rings. The maximum Gasteiger partial charge on any atom is 0.260 e. The average molecular weight is 286 g/mol. The highest BCUT2D eigenvalue weighted by Crippen LogP contribution is 2.25. The minimum absolute atomic E-state index is 0.0435. The van der Waals surface area contributed by atoms with Crippen molar-refractivity contribution in [1.29, 1.82) is 0 Å². The van der Waals surface area contributed by atoms with Crippen LogP contribution in [-0.4, -0.2) is 48.8 Å². The number of aliphatic hydroxyl groups is 1. The third-order valence-electron chi connectivity index (χ3n) is 2.89. The van der Waals surface area contributed by atoms with Gasteiger partial charge in [0.2, 0.25) is 0 Å². The van der Waals surface area contributed by atoms with Gasteiger partial charge in [0.25, 0.3) is 5.91 Å². The van der Waals surface area contributed by atoms with Crippen molar-refractivity contribution >= 4 is 17.5 Å². The molecule has 0 aromatic heterocycles. The van der Waals surface area contributed by atoms with E-state index in [-0.39, 0.29) is 19.1 Å². The van der Waals surface area contributed by atoms with E-state index in [0.29, 0.717) is 42.6 Å². The zero-order valence-corrected chi connectivity index (χ0v) is 11.2. The summed E-state index contributed by atoms with van der Waals surface area (Å²) in [5, 5.41) is 9.36. The Morgan fingerprint density at radius 3 is 2.79 bits per heavy atom. The van der Waals surface area contributed by atoms with Gasteiger partial charge in [0.15, 0.2) is 6.61 Å². The van der Waals surface area contributed by atoms with Crippen molar-refractivity contribution in [3.8, 4) is 5.75 Å². The summed E-state index contributed by atoms with van der Waals surface area (Å²) in [7, 11) is 0. The third-order valence-corrected chi connectivity index (χ3v) is 3.19. The number of aliphatic hydroxyl groups excluding tert-OH is 1. The van der Waals surface area contributed by atoms with Gasteiger partial charge in [-0.1, -0.05) is 17.7 Å². The van der Waals surface area contributed by atoms with Gasteiger partial charge in [-0.3, -0.25) is 4.79 Å². The second kappa shape index (κ2) is 6.75. The lowest BCUT2D eigenvalue weighted by atomic mass is 10.2. The molecule has 1 aliphatic rings. The molecule has 0 aliphatic carbocycles. The fourth-order valence-electron chi connectivity index (χ4n) is 1.80. The molecule has 0 radical (unpaired) electrons. The highest BCUT2D eigenvalue weighted by Gasteiger charge is 2.17. The Labute approximate surface area is 116 Å². The van der Waals surface area contributed by atoms with Gasteiger partial charge in [0.05, 0.1) is 24.8 Å². The largest absolute Gasteiger partial charge is 0.482 e. The van der Waals surface area contributed by atoms with Gasteiger partial charge in [-0.15, -0.1) is 0 Å². The molecule has 0 spiro atoms. The molecule has 6 heteroatoms. The predicted octanol–water partition coefficient (Wildman–Crippen LogP) is 1.07. The van der Waals surface area contributed by atoms with Crippen molar-refractivity contribution in [2.24, 2.45) is 0 Å². The quantitative estimate of drug-likeness (QED) is 0.899. The second-order valence-electron chi connectivity index (χ2n) is 4.20. The fraction of sp³-hybridized carbons (Fsp3) is 0.462. The number of carbonyl (C=O) groups is 1. The average Bonchev–Trinajstić information content (AvgIpc) is 2.46. The van der Waals surface area contributed by atoms with E-state index in [9.17, 15) is 4.79 Å². The van der Waals surface area contributed by atoms with Crippen molar-refractivity contribution in [2.45, 2.75) is 6.61 Å². The summed E-state index contributed by atoms with van der Waals surface area (Å²) in [5.74, 6) is 0.367. The summed E-state index contributed by atoms with van der Waals surface area (Å²) >= 11 is 6.00. The number of rotatable bonds is 4. The molecule has 0 bridgehead atoms. The number of nitrogens with zero attached hydrogens (tertiary/aromatic N) is 1. The molecular formula is C13H16ClNO4. The molecule has 1 amide bonds. The number of hydrogen-bond donors (Lipinski definition) is 1. The SMILES string of the molecule is O=C(COc1ccc(CO)cc1Cl)N1CCOCC1. The van der Waals surface area contributed by atoms with Gasteiger partial charge < -0.3 is 19.5 Å². The Bertz CT molecular complexity index is 446. The molecule has 1 saturated heterocycles. The number of benzene rings is 1. The van der Waals surface area contributed by atoms with Gasteiger partial charge in [0, 0.05) is 13.1 Å². The first kappa shape index (κ1) is 14.1. The zero-order valence-electron chi connectivity index (χ0n) is 10.5. The number of halogens is 1. The highest BCUT2D eigenvalue weighted by molar-refractivity contribution is 6.32. The van der Waals surface area contributed by atoms with Gasteiger partial charge >= 0.3 is 0 Å². The smallest absolute Gasteiger partial charge is 0.260 e. The third kappa shape index (κ3) is 3.83. The van der Waals surface area contributed by atoms with Crippen LogP contribution in [0.1, 0.15) is 5.56 Å². The van der Waals surface area contributed by atoms with E-state index < -0.39 is 0 Å². The summed E-state index contributed by atoms with van der Waals surface area (Å²) < 4.78 is 10.6. The maximum absolute atomic E-state index is 11.9. The summed E-state index contributed by atoms with van der Waals surface area (Å²) in [5.41, 5.74) is 0.705. The molecule has 1 fully saturated rings. The molecule has 1 N–H and O–H groups in total. The van der Waals surface area contributed by atoms with E-state index in [1.807, 2.05) is 0 Å². The molecule has 0 atom stereocenters. The minimum Gasteiger partial charge on any atom is -0.482 e. The first-order chi connectivity index (χ1) is 9.20. The Morgan fingerprint density at radius 1 is 1.42 bits per heavy atom. The Kier molecular flexibility index (Phi) is 5.01.